The summed E-state index contributed by atoms with van der Waals surface area (Å²) >= 11 is 0. The smallest absolute Gasteiger partial charge is 0.135 e. The van der Waals surface area contributed by atoms with Gasteiger partial charge in [0.2, 0.25) is 0 Å². The summed E-state index contributed by atoms with van der Waals surface area (Å²) < 4.78 is 5.60. The molecule has 0 aromatic heterocycles. The fourth-order valence-corrected chi connectivity index (χ4v) is 1.12. The molecule has 82 valence electrons. The predicted octanol–water partition coefficient (Wildman–Crippen LogP) is 3.57. The summed E-state index contributed by atoms with van der Waals surface area (Å²) in [6, 6.07) is 7.75. The number of ether oxygens (including phenoxy) is 1. The van der Waals surface area contributed by atoms with Gasteiger partial charge in [-0.3, -0.25) is 0 Å². The molecule has 0 fully saturated rings. The topological polar surface area (TPSA) is 9.23 Å². The van der Waals surface area contributed by atoms with Crippen molar-refractivity contribution in [1.82, 2.24) is 0 Å². The van der Waals surface area contributed by atoms with Gasteiger partial charge in [-0.15, -0.1) is 6.58 Å². The van der Waals surface area contributed by atoms with E-state index in [9.17, 15) is 0 Å². The van der Waals surface area contributed by atoms with Crippen LogP contribution in [0, 0.1) is 11.8 Å². The van der Waals surface area contributed by atoms with Crippen molar-refractivity contribution in [1.29, 1.82) is 0 Å². The summed E-state index contributed by atoms with van der Waals surface area (Å²) in [5.41, 5.74) is 1.90. The molecule has 0 amide bonds. The van der Waals surface area contributed by atoms with Gasteiger partial charge in [0.25, 0.3) is 0 Å². The highest BCUT2D eigenvalue weighted by Crippen LogP contribution is 2.17. The third kappa shape index (κ3) is 4.06. The predicted molar refractivity (Wildman–Crippen MR) is 68.4 cm³/mol. The van der Waals surface area contributed by atoms with Gasteiger partial charge in [0.1, 0.15) is 12.4 Å². The minimum atomic E-state index is 0.528. The van der Waals surface area contributed by atoms with E-state index in [4.69, 9.17) is 4.74 Å². The molecule has 0 saturated heterocycles. The zero-order valence-corrected chi connectivity index (χ0v) is 9.62. The number of benzene rings is 1. The van der Waals surface area contributed by atoms with Crippen molar-refractivity contribution in [2.75, 3.05) is 6.61 Å². The second kappa shape index (κ2) is 6.53. The van der Waals surface area contributed by atoms with Gasteiger partial charge < -0.3 is 4.74 Å². The van der Waals surface area contributed by atoms with Crippen LogP contribution in [0.25, 0.3) is 0 Å². The van der Waals surface area contributed by atoms with Gasteiger partial charge >= 0.3 is 0 Å². The Bertz CT molecular complexity index is 432. The molecule has 16 heavy (non-hydrogen) atoms. The van der Waals surface area contributed by atoms with Crippen LogP contribution in [0.15, 0.2) is 49.1 Å². The third-order valence-corrected chi connectivity index (χ3v) is 1.83. The molecule has 1 rings (SSSR count). The monoisotopic (exact) mass is 212 g/mol. The van der Waals surface area contributed by atoms with Crippen LogP contribution in [0.3, 0.4) is 0 Å². The van der Waals surface area contributed by atoms with Crippen LogP contribution in [-0.2, 0) is 0 Å². The zero-order chi connectivity index (χ0) is 11.8. The Morgan fingerprint density at radius 3 is 2.88 bits per heavy atom. The van der Waals surface area contributed by atoms with Crippen molar-refractivity contribution >= 4 is 0 Å². The van der Waals surface area contributed by atoms with Crippen LogP contribution in [0.5, 0.6) is 5.75 Å². The van der Waals surface area contributed by atoms with Crippen LogP contribution in [0.2, 0.25) is 0 Å². The molecule has 0 unspecified atom stereocenters. The summed E-state index contributed by atoms with van der Waals surface area (Å²) in [6.45, 7) is 9.89. The first kappa shape index (κ1) is 12.1. The van der Waals surface area contributed by atoms with Crippen LogP contribution in [0.4, 0.5) is 0 Å². The minimum absolute atomic E-state index is 0.528. The van der Waals surface area contributed by atoms with E-state index in [1.165, 1.54) is 0 Å². The Kier molecular flexibility index (Phi) is 4.95. The van der Waals surface area contributed by atoms with E-state index in [2.05, 4.69) is 25.0 Å². The summed E-state index contributed by atoms with van der Waals surface area (Å²) in [7, 11) is 0. The molecule has 1 heteroatoms. The van der Waals surface area contributed by atoms with Crippen LogP contribution >= 0.6 is 0 Å². The van der Waals surface area contributed by atoms with Gasteiger partial charge in [-0.05, 0) is 24.6 Å². The zero-order valence-electron chi connectivity index (χ0n) is 9.62. The average molecular weight is 212 g/mol. The first-order chi connectivity index (χ1) is 7.74. The molecular weight excluding hydrogens is 196 g/mol. The molecule has 1 aromatic carbocycles. The number of allylic oxidation sites excluding steroid dienone is 1. The normalized spacial score (nSPS) is 8.81. The quantitative estimate of drug-likeness (QED) is 0.547. The lowest BCUT2D eigenvalue weighted by atomic mass is 10.2. The molecule has 1 aromatic rings. The Hall–Kier alpha value is -1.94. The molecule has 1 nitrogen and oxygen atoms in total. The van der Waals surface area contributed by atoms with Crippen LogP contribution in [-0.4, -0.2) is 6.61 Å². The van der Waals surface area contributed by atoms with Crippen molar-refractivity contribution in [2.45, 2.75) is 13.3 Å². The van der Waals surface area contributed by atoms with Gasteiger partial charge in [0.15, 0.2) is 0 Å². The number of hydrogen-bond acceptors (Lipinski definition) is 1. The van der Waals surface area contributed by atoms with E-state index in [0.717, 1.165) is 16.9 Å². The van der Waals surface area contributed by atoms with Crippen molar-refractivity contribution in [2.24, 2.45) is 0 Å². The summed E-state index contributed by atoms with van der Waals surface area (Å²) in [6.07, 6.45) is 2.47. The average Bonchev–Trinajstić information content (AvgIpc) is 2.28. The Balaban J connectivity index is 2.80. The van der Waals surface area contributed by atoms with Crippen LogP contribution in [0.1, 0.15) is 18.9 Å². The lowest BCUT2D eigenvalue weighted by Gasteiger charge is -2.07. The first-order valence-corrected chi connectivity index (χ1v) is 5.20. The Labute approximate surface area is 97.4 Å². The Morgan fingerprint density at radius 1 is 1.44 bits per heavy atom. The van der Waals surface area contributed by atoms with Crippen molar-refractivity contribution in [3.63, 3.8) is 0 Å². The van der Waals surface area contributed by atoms with E-state index in [1.807, 2.05) is 31.2 Å². The lowest BCUT2D eigenvalue weighted by Crippen LogP contribution is -1.99. The van der Waals surface area contributed by atoms with Crippen LogP contribution < -0.4 is 4.74 Å². The Morgan fingerprint density at radius 2 is 2.19 bits per heavy atom. The van der Waals surface area contributed by atoms with Gasteiger partial charge in [-0.1, -0.05) is 36.6 Å². The highest BCUT2D eigenvalue weighted by molar-refractivity contribution is 5.46. The molecule has 0 heterocycles. The molecule has 0 atom stereocenters. The molecule has 0 bridgehead atoms. The summed E-state index contributed by atoms with van der Waals surface area (Å²) in [4.78, 5) is 0. The highest BCUT2D eigenvalue weighted by atomic mass is 16.5. The number of rotatable bonds is 4. The van der Waals surface area contributed by atoms with Gasteiger partial charge in [-0.2, -0.15) is 0 Å². The van der Waals surface area contributed by atoms with E-state index >= 15 is 0 Å². The van der Waals surface area contributed by atoms with Gasteiger partial charge in [0.05, 0.1) is 5.56 Å². The molecular formula is C15H16O. The first-order valence-electron chi connectivity index (χ1n) is 5.20. The molecule has 0 N–H and O–H groups in total. The molecule has 0 spiro atoms. The molecule has 0 radical (unpaired) electrons. The lowest BCUT2D eigenvalue weighted by molar-refractivity contribution is 0.352. The van der Waals surface area contributed by atoms with E-state index < -0.39 is 0 Å². The number of hydrogen-bond donors (Lipinski definition) is 0. The van der Waals surface area contributed by atoms with Crippen molar-refractivity contribution in [3.05, 3.63) is 54.6 Å². The third-order valence-electron chi connectivity index (χ3n) is 1.83. The maximum atomic E-state index is 5.60. The summed E-state index contributed by atoms with van der Waals surface area (Å²) in [5.74, 6) is 6.88. The fourth-order valence-electron chi connectivity index (χ4n) is 1.12. The maximum Gasteiger partial charge on any atom is 0.135 e. The van der Waals surface area contributed by atoms with E-state index in [-0.39, 0.29) is 0 Å². The summed E-state index contributed by atoms with van der Waals surface area (Å²) in [5, 5.41) is 0. The van der Waals surface area contributed by atoms with Crippen molar-refractivity contribution < 1.29 is 4.74 Å². The van der Waals surface area contributed by atoms with Gasteiger partial charge in [-0.25, -0.2) is 0 Å². The largest absolute Gasteiger partial charge is 0.488 e. The second-order valence-corrected chi connectivity index (χ2v) is 3.54. The molecule has 0 saturated carbocycles. The number of para-hydroxylation sites is 1. The van der Waals surface area contributed by atoms with Gasteiger partial charge in [0, 0.05) is 6.42 Å². The standard InChI is InChI=1S/C15H16O/c1-4-5-6-9-14-10-7-8-11-15(14)16-12-13(2)3/h4,7-8,10-11H,1-2,5,12H2,3H3. The maximum absolute atomic E-state index is 5.60. The SMILES string of the molecule is C=CCC#Cc1ccccc1OCC(=C)C. The molecule has 0 aliphatic carbocycles. The second-order valence-electron chi connectivity index (χ2n) is 3.54. The fraction of sp³-hybridized carbons (Fsp3) is 0.200. The van der Waals surface area contributed by atoms with E-state index in [0.29, 0.717) is 13.0 Å². The minimum Gasteiger partial charge on any atom is -0.488 e. The van der Waals surface area contributed by atoms with Crippen molar-refractivity contribution in [3.8, 4) is 17.6 Å². The van der Waals surface area contributed by atoms with E-state index in [1.54, 1.807) is 6.08 Å². The molecule has 0 aliphatic heterocycles. The highest BCUT2D eigenvalue weighted by Gasteiger charge is 1.99. The molecule has 0 aliphatic rings.